The average molecular weight is 436 g/mol. The number of carbonyl (C=O) groups is 1. The Morgan fingerprint density at radius 3 is 2.62 bits per heavy atom. The van der Waals surface area contributed by atoms with Crippen molar-refractivity contribution in [2.75, 3.05) is 25.5 Å². The number of rotatable bonds is 7. The van der Waals surface area contributed by atoms with Gasteiger partial charge in [-0.3, -0.25) is 15.3 Å². The molecule has 0 fully saturated rings. The van der Waals surface area contributed by atoms with Crippen LogP contribution in [0.3, 0.4) is 0 Å². The molecule has 0 radical (unpaired) electrons. The maximum Gasteiger partial charge on any atom is 0.324 e. The van der Waals surface area contributed by atoms with Gasteiger partial charge in [0, 0.05) is 6.54 Å². The quantitative estimate of drug-likeness (QED) is 0.579. The molecule has 0 saturated carbocycles. The van der Waals surface area contributed by atoms with E-state index in [0.717, 1.165) is 24.1 Å². The highest BCUT2D eigenvalue weighted by Crippen LogP contribution is 2.25. The Morgan fingerprint density at radius 2 is 1.97 bits per heavy atom. The molecule has 3 rings (SSSR count). The number of amidine groups is 1. The minimum Gasteiger partial charge on any atom is -0.495 e. The SMILES string of the molecule is COc1cc(CCNCc2ccc(F)cc2)ccc1NC(=O)NC1=NCC(C)(C#N)N=C1. The number of benzene rings is 2. The second-order valence-corrected chi connectivity index (χ2v) is 7.51. The Morgan fingerprint density at radius 1 is 1.22 bits per heavy atom. The fourth-order valence-corrected chi connectivity index (χ4v) is 2.99. The summed E-state index contributed by atoms with van der Waals surface area (Å²) in [6, 6.07) is 13.5. The van der Waals surface area contributed by atoms with Crippen LogP contribution in [0.4, 0.5) is 14.9 Å². The molecule has 1 aliphatic rings. The van der Waals surface area contributed by atoms with Crippen LogP contribution in [0.2, 0.25) is 0 Å². The molecule has 2 aromatic carbocycles. The Bertz CT molecular complexity index is 1060. The van der Waals surface area contributed by atoms with Crippen LogP contribution in [-0.4, -0.2) is 43.8 Å². The van der Waals surface area contributed by atoms with E-state index in [9.17, 15) is 9.18 Å². The maximum atomic E-state index is 13.0. The van der Waals surface area contributed by atoms with E-state index in [2.05, 4.69) is 32.0 Å². The molecule has 1 heterocycles. The van der Waals surface area contributed by atoms with Crippen molar-refractivity contribution >= 4 is 23.8 Å². The van der Waals surface area contributed by atoms with Crippen molar-refractivity contribution in [1.82, 2.24) is 10.6 Å². The number of amides is 2. The van der Waals surface area contributed by atoms with Crippen LogP contribution in [0.1, 0.15) is 18.1 Å². The molecule has 8 nitrogen and oxygen atoms in total. The number of anilines is 1. The van der Waals surface area contributed by atoms with Crippen molar-refractivity contribution in [3.8, 4) is 11.8 Å². The van der Waals surface area contributed by atoms with E-state index in [1.807, 2.05) is 12.1 Å². The normalized spacial score (nSPS) is 17.2. The van der Waals surface area contributed by atoms with Crippen LogP contribution in [0.25, 0.3) is 0 Å². The summed E-state index contributed by atoms with van der Waals surface area (Å²) in [6.07, 6.45) is 2.14. The molecule has 1 atom stereocenters. The molecule has 0 aromatic heterocycles. The van der Waals surface area contributed by atoms with E-state index in [1.54, 1.807) is 25.1 Å². The highest BCUT2D eigenvalue weighted by atomic mass is 19.1. The predicted molar refractivity (Wildman–Crippen MR) is 122 cm³/mol. The Balaban J connectivity index is 1.50. The molecule has 0 spiro atoms. The number of nitrogens with zero attached hydrogens (tertiary/aromatic N) is 3. The molecule has 1 aliphatic heterocycles. The van der Waals surface area contributed by atoms with Crippen LogP contribution in [0.15, 0.2) is 52.4 Å². The lowest BCUT2D eigenvalue weighted by molar-refractivity contribution is 0.256. The van der Waals surface area contributed by atoms with Gasteiger partial charge in [-0.1, -0.05) is 18.2 Å². The molecule has 2 amide bonds. The van der Waals surface area contributed by atoms with Gasteiger partial charge in [-0.05, 0) is 55.3 Å². The minimum absolute atomic E-state index is 0.183. The number of halogens is 1. The molecule has 1 unspecified atom stereocenters. The summed E-state index contributed by atoms with van der Waals surface area (Å²) in [4.78, 5) is 20.6. The van der Waals surface area contributed by atoms with E-state index >= 15 is 0 Å². The van der Waals surface area contributed by atoms with Crippen molar-refractivity contribution in [3.63, 3.8) is 0 Å². The number of ether oxygens (including phenoxy) is 1. The number of aliphatic imine (C=N–C) groups is 2. The molecule has 0 bridgehead atoms. The molecule has 3 N–H and O–H groups in total. The second-order valence-electron chi connectivity index (χ2n) is 7.51. The largest absolute Gasteiger partial charge is 0.495 e. The zero-order chi connectivity index (χ0) is 23.0. The van der Waals surface area contributed by atoms with Crippen LogP contribution >= 0.6 is 0 Å². The minimum atomic E-state index is -0.894. The van der Waals surface area contributed by atoms with E-state index in [1.165, 1.54) is 25.5 Å². The predicted octanol–water partition coefficient (Wildman–Crippen LogP) is 3.05. The molecule has 9 heteroatoms. The summed E-state index contributed by atoms with van der Waals surface area (Å²) in [6.45, 7) is 3.24. The van der Waals surface area contributed by atoms with Crippen molar-refractivity contribution in [2.24, 2.45) is 9.98 Å². The second kappa shape index (κ2) is 10.5. The first-order chi connectivity index (χ1) is 15.4. The lowest BCUT2D eigenvalue weighted by atomic mass is 10.1. The van der Waals surface area contributed by atoms with Gasteiger partial charge in [-0.25, -0.2) is 9.18 Å². The first kappa shape index (κ1) is 22.9. The van der Waals surface area contributed by atoms with Crippen molar-refractivity contribution in [1.29, 1.82) is 5.26 Å². The molecule has 0 aliphatic carbocycles. The smallest absolute Gasteiger partial charge is 0.324 e. The third-order valence-corrected chi connectivity index (χ3v) is 4.86. The van der Waals surface area contributed by atoms with Crippen molar-refractivity contribution in [2.45, 2.75) is 25.4 Å². The van der Waals surface area contributed by atoms with Gasteiger partial charge in [0.05, 0.1) is 31.6 Å². The van der Waals surface area contributed by atoms with Gasteiger partial charge in [-0.15, -0.1) is 0 Å². The van der Waals surface area contributed by atoms with Crippen LogP contribution in [0.5, 0.6) is 5.75 Å². The summed E-state index contributed by atoms with van der Waals surface area (Å²) in [5.41, 5.74) is 1.68. The molecule has 166 valence electrons. The highest BCUT2D eigenvalue weighted by molar-refractivity contribution is 6.33. The van der Waals surface area contributed by atoms with Crippen LogP contribution in [-0.2, 0) is 13.0 Å². The Hall–Kier alpha value is -3.77. The number of nitriles is 1. The molecule has 2 aromatic rings. The van der Waals surface area contributed by atoms with Gasteiger partial charge < -0.3 is 15.4 Å². The summed E-state index contributed by atoms with van der Waals surface area (Å²) in [5.74, 6) is 0.579. The lowest BCUT2D eigenvalue weighted by Crippen LogP contribution is -2.40. The molecule has 32 heavy (non-hydrogen) atoms. The number of hydrogen-bond acceptors (Lipinski definition) is 6. The van der Waals surface area contributed by atoms with Gasteiger partial charge in [0.25, 0.3) is 0 Å². The highest BCUT2D eigenvalue weighted by Gasteiger charge is 2.25. The number of carbonyl (C=O) groups excluding carboxylic acids is 1. The van der Waals surface area contributed by atoms with Gasteiger partial charge >= 0.3 is 6.03 Å². The van der Waals surface area contributed by atoms with Gasteiger partial charge in [-0.2, -0.15) is 5.26 Å². The van der Waals surface area contributed by atoms with Gasteiger partial charge in [0.15, 0.2) is 5.54 Å². The number of methoxy groups -OCH3 is 1. The van der Waals surface area contributed by atoms with Gasteiger partial charge in [0.2, 0.25) is 0 Å². The summed E-state index contributed by atoms with van der Waals surface area (Å²) < 4.78 is 18.4. The van der Waals surface area contributed by atoms with Crippen molar-refractivity contribution < 1.29 is 13.9 Å². The van der Waals surface area contributed by atoms with Crippen molar-refractivity contribution in [3.05, 3.63) is 59.4 Å². The molecular formula is C23H25FN6O2. The Labute approximate surface area is 186 Å². The van der Waals surface area contributed by atoms with Crippen LogP contribution < -0.4 is 20.7 Å². The van der Waals surface area contributed by atoms with E-state index < -0.39 is 11.6 Å². The zero-order valence-electron chi connectivity index (χ0n) is 18.0. The average Bonchev–Trinajstić information content (AvgIpc) is 2.80. The summed E-state index contributed by atoms with van der Waals surface area (Å²) >= 11 is 0. The summed E-state index contributed by atoms with van der Waals surface area (Å²) in [7, 11) is 1.54. The summed E-state index contributed by atoms with van der Waals surface area (Å²) in [5, 5.41) is 17.7. The number of nitrogens with one attached hydrogen (secondary N) is 3. The third-order valence-electron chi connectivity index (χ3n) is 4.86. The third kappa shape index (κ3) is 6.36. The van der Waals surface area contributed by atoms with Gasteiger partial charge in [0.1, 0.15) is 17.4 Å². The molecule has 0 saturated heterocycles. The monoisotopic (exact) mass is 436 g/mol. The van der Waals surface area contributed by atoms with Crippen LogP contribution in [0, 0.1) is 17.1 Å². The maximum absolute atomic E-state index is 13.0. The van der Waals surface area contributed by atoms with E-state index in [0.29, 0.717) is 18.0 Å². The standard InChI is InChI=1S/C23H25FN6O2/c1-23(14-25)15-27-21(13-28-23)30-22(31)29-19-8-5-16(11-20(19)32-2)9-10-26-12-17-3-6-18(24)7-4-17/h3-8,11,13,26H,9-10,12,15H2,1-2H3,(H2,27,29,30,31). The fraction of sp³-hybridized carbons (Fsp3) is 0.304. The zero-order valence-corrected chi connectivity index (χ0v) is 18.0. The lowest BCUT2D eigenvalue weighted by Gasteiger charge is -2.19. The molecular weight excluding hydrogens is 411 g/mol. The Kier molecular flexibility index (Phi) is 7.52. The number of urea groups is 1. The first-order valence-corrected chi connectivity index (χ1v) is 10.1. The van der Waals surface area contributed by atoms with E-state index in [4.69, 9.17) is 10.00 Å². The number of hydrogen-bond donors (Lipinski definition) is 3. The fourth-order valence-electron chi connectivity index (χ4n) is 2.99. The first-order valence-electron chi connectivity index (χ1n) is 10.1. The topological polar surface area (TPSA) is 111 Å². The van der Waals surface area contributed by atoms with E-state index in [-0.39, 0.29) is 18.2 Å².